The summed E-state index contributed by atoms with van der Waals surface area (Å²) in [6.45, 7) is 0. The van der Waals surface area contributed by atoms with Gasteiger partial charge in [0.1, 0.15) is 0 Å². The fourth-order valence-electron chi connectivity index (χ4n) is 2.09. The van der Waals surface area contributed by atoms with E-state index >= 15 is 0 Å². The SMILES string of the molecule is COC(=O)c1ccc2nc(NC(=O)c3ccc(C#N)cc3)sc2c1. The Kier molecular flexibility index (Phi) is 4.22. The summed E-state index contributed by atoms with van der Waals surface area (Å²) in [6, 6.07) is 13.3. The van der Waals surface area contributed by atoms with Gasteiger partial charge < -0.3 is 4.74 Å². The van der Waals surface area contributed by atoms with Gasteiger partial charge in [-0.05, 0) is 42.5 Å². The zero-order valence-corrected chi connectivity index (χ0v) is 13.4. The summed E-state index contributed by atoms with van der Waals surface area (Å²) in [7, 11) is 1.32. The Hall–Kier alpha value is -3.24. The number of hydrogen-bond acceptors (Lipinski definition) is 6. The third-order valence-electron chi connectivity index (χ3n) is 3.31. The van der Waals surface area contributed by atoms with Gasteiger partial charge in [0.25, 0.3) is 5.91 Å². The fraction of sp³-hybridized carbons (Fsp3) is 0.0588. The first kappa shape index (κ1) is 15.6. The highest BCUT2D eigenvalue weighted by Crippen LogP contribution is 2.27. The Balaban J connectivity index is 1.83. The molecule has 24 heavy (non-hydrogen) atoms. The van der Waals surface area contributed by atoms with Crippen molar-refractivity contribution in [3.8, 4) is 6.07 Å². The van der Waals surface area contributed by atoms with Gasteiger partial charge >= 0.3 is 5.97 Å². The van der Waals surface area contributed by atoms with Crippen molar-refractivity contribution in [2.75, 3.05) is 12.4 Å². The number of anilines is 1. The molecule has 0 bridgehead atoms. The van der Waals surface area contributed by atoms with Crippen LogP contribution in [0.25, 0.3) is 10.2 Å². The van der Waals surface area contributed by atoms with E-state index in [2.05, 4.69) is 15.0 Å². The molecule has 0 radical (unpaired) electrons. The summed E-state index contributed by atoms with van der Waals surface area (Å²) in [6.07, 6.45) is 0. The van der Waals surface area contributed by atoms with Crippen molar-refractivity contribution in [1.29, 1.82) is 5.26 Å². The number of nitrogens with one attached hydrogen (secondary N) is 1. The number of fused-ring (bicyclic) bond motifs is 1. The molecule has 1 aromatic heterocycles. The molecular weight excluding hydrogens is 326 g/mol. The number of nitrogens with zero attached hydrogens (tertiary/aromatic N) is 2. The van der Waals surface area contributed by atoms with Crippen LogP contribution in [0.2, 0.25) is 0 Å². The number of carbonyl (C=O) groups excluding carboxylic acids is 2. The molecule has 0 atom stereocenters. The van der Waals surface area contributed by atoms with Gasteiger partial charge in [0.05, 0.1) is 34.5 Å². The number of carbonyl (C=O) groups is 2. The molecule has 0 saturated heterocycles. The van der Waals surface area contributed by atoms with Crippen molar-refractivity contribution in [3.05, 3.63) is 59.2 Å². The van der Waals surface area contributed by atoms with Crippen molar-refractivity contribution in [3.63, 3.8) is 0 Å². The number of esters is 1. The third-order valence-corrected chi connectivity index (χ3v) is 4.24. The third kappa shape index (κ3) is 3.09. The minimum Gasteiger partial charge on any atom is -0.465 e. The van der Waals surface area contributed by atoms with E-state index in [1.165, 1.54) is 18.4 Å². The maximum Gasteiger partial charge on any atom is 0.337 e. The van der Waals surface area contributed by atoms with E-state index in [-0.39, 0.29) is 5.91 Å². The van der Waals surface area contributed by atoms with Gasteiger partial charge in [-0.25, -0.2) is 9.78 Å². The van der Waals surface area contributed by atoms with Crippen LogP contribution in [0.3, 0.4) is 0 Å². The molecule has 0 unspecified atom stereocenters. The second-order valence-corrected chi connectivity index (χ2v) is 5.87. The molecule has 118 valence electrons. The maximum absolute atomic E-state index is 12.2. The van der Waals surface area contributed by atoms with Crippen LogP contribution < -0.4 is 5.32 Å². The summed E-state index contributed by atoms with van der Waals surface area (Å²) >= 11 is 1.27. The molecule has 0 aliphatic carbocycles. The lowest BCUT2D eigenvalue weighted by Crippen LogP contribution is -2.11. The predicted octanol–water partition coefficient (Wildman–Crippen LogP) is 3.21. The molecule has 2 aromatic carbocycles. The zero-order valence-electron chi connectivity index (χ0n) is 12.6. The number of ether oxygens (including phenoxy) is 1. The second kappa shape index (κ2) is 6.48. The standard InChI is InChI=1S/C17H11N3O3S/c1-23-16(22)12-6-7-13-14(8-12)24-17(19-13)20-15(21)11-4-2-10(9-18)3-5-11/h2-8H,1H3,(H,19,20,21). The minimum absolute atomic E-state index is 0.313. The van der Waals surface area contributed by atoms with Gasteiger partial charge in [-0.1, -0.05) is 11.3 Å². The van der Waals surface area contributed by atoms with Gasteiger partial charge in [0, 0.05) is 5.56 Å². The number of nitriles is 1. The second-order valence-electron chi connectivity index (χ2n) is 4.84. The first-order valence-corrected chi connectivity index (χ1v) is 7.73. The van der Waals surface area contributed by atoms with E-state index in [0.717, 1.165) is 4.70 Å². The Morgan fingerprint density at radius 1 is 1.17 bits per heavy atom. The largest absolute Gasteiger partial charge is 0.465 e. The Morgan fingerprint density at radius 3 is 2.54 bits per heavy atom. The van der Waals surface area contributed by atoms with Crippen molar-refractivity contribution < 1.29 is 14.3 Å². The molecule has 7 heteroatoms. The smallest absolute Gasteiger partial charge is 0.337 e. The number of amides is 1. The van der Waals surface area contributed by atoms with E-state index in [4.69, 9.17) is 5.26 Å². The van der Waals surface area contributed by atoms with E-state index in [1.807, 2.05) is 6.07 Å². The molecule has 0 aliphatic rings. The lowest BCUT2D eigenvalue weighted by molar-refractivity contribution is 0.0601. The average Bonchev–Trinajstić information content (AvgIpc) is 3.02. The van der Waals surface area contributed by atoms with Gasteiger partial charge in [-0.3, -0.25) is 10.1 Å². The van der Waals surface area contributed by atoms with E-state index < -0.39 is 5.97 Å². The fourth-order valence-corrected chi connectivity index (χ4v) is 2.99. The number of methoxy groups -OCH3 is 1. The van der Waals surface area contributed by atoms with E-state index in [0.29, 0.717) is 27.3 Å². The normalized spacial score (nSPS) is 10.2. The van der Waals surface area contributed by atoms with Gasteiger partial charge in [-0.15, -0.1) is 0 Å². The predicted molar refractivity (Wildman–Crippen MR) is 90.1 cm³/mol. The molecule has 0 spiro atoms. The van der Waals surface area contributed by atoms with Crippen LogP contribution in [0.15, 0.2) is 42.5 Å². The monoisotopic (exact) mass is 337 g/mol. The Labute approximate surface area is 141 Å². The van der Waals surface area contributed by atoms with Gasteiger partial charge in [0.2, 0.25) is 0 Å². The molecule has 3 rings (SSSR count). The molecule has 0 aliphatic heterocycles. The van der Waals surface area contributed by atoms with Crippen molar-refractivity contribution >= 4 is 38.6 Å². The highest BCUT2D eigenvalue weighted by Gasteiger charge is 2.12. The summed E-state index contributed by atoms with van der Waals surface area (Å²) in [5.41, 5.74) is 2.03. The molecular formula is C17H11N3O3S. The summed E-state index contributed by atoms with van der Waals surface area (Å²) in [5, 5.41) is 11.9. The summed E-state index contributed by atoms with van der Waals surface area (Å²) < 4.78 is 5.46. The number of aromatic nitrogens is 1. The topological polar surface area (TPSA) is 92.1 Å². The number of thiazole rings is 1. The van der Waals surface area contributed by atoms with Gasteiger partial charge in [-0.2, -0.15) is 5.26 Å². The van der Waals surface area contributed by atoms with Crippen LogP contribution in [0, 0.1) is 11.3 Å². The molecule has 3 aromatic rings. The molecule has 0 saturated carbocycles. The summed E-state index contributed by atoms with van der Waals surface area (Å²) in [4.78, 5) is 28.1. The van der Waals surface area contributed by atoms with Crippen LogP contribution in [-0.2, 0) is 4.74 Å². The quantitative estimate of drug-likeness (QED) is 0.741. The number of rotatable bonds is 3. The number of benzene rings is 2. The molecule has 1 heterocycles. The highest BCUT2D eigenvalue weighted by atomic mass is 32.1. The lowest BCUT2D eigenvalue weighted by atomic mass is 10.1. The van der Waals surface area contributed by atoms with E-state index in [1.54, 1.807) is 42.5 Å². The van der Waals surface area contributed by atoms with Crippen LogP contribution >= 0.6 is 11.3 Å². The molecule has 0 fully saturated rings. The number of hydrogen-bond donors (Lipinski definition) is 1. The van der Waals surface area contributed by atoms with Crippen molar-refractivity contribution in [1.82, 2.24) is 4.98 Å². The average molecular weight is 337 g/mol. The molecule has 1 N–H and O–H groups in total. The van der Waals surface area contributed by atoms with Crippen molar-refractivity contribution in [2.45, 2.75) is 0 Å². The lowest BCUT2D eigenvalue weighted by Gasteiger charge is -2.01. The van der Waals surface area contributed by atoms with Crippen LogP contribution in [0.1, 0.15) is 26.3 Å². The summed E-state index contributed by atoms with van der Waals surface area (Å²) in [5.74, 6) is -0.736. The zero-order chi connectivity index (χ0) is 17.1. The van der Waals surface area contributed by atoms with Crippen LogP contribution in [-0.4, -0.2) is 24.0 Å². The highest BCUT2D eigenvalue weighted by molar-refractivity contribution is 7.22. The van der Waals surface area contributed by atoms with Gasteiger partial charge in [0.15, 0.2) is 5.13 Å². The molecule has 1 amide bonds. The van der Waals surface area contributed by atoms with E-state index in [9.17, 15) is 9.59 Å². The Morgan fingerprint density at radius 2 is 1.88 bits per heavy atom. The van der Waals surface area contributed by atoms with Crippen LogP contribution in [0.5, 0.6) is 0 Å². The Bertz CT molecular complexity index is 971. The minimum atomic E-state index is -0.423. The van der Waals surface area contributed by atoms with Crippen molar-refractivity contribution in [2.24, 2.45) is 0 Å². The molecule has 6 nitrogen and oxygen atoms in total. The maximum atomic E-state index is 12.2. The first-order chi connectivity index (χ1) is 11.6. The first-order valence-electron chi connectivity index (χ1n) is 6.91. The van der Waals surface area contributed by atoms with Crippen LogP contribution in [0.4, 0.5) is 5.13 Å².